The third kappa shape index (κ3) is 4.25. The molecule has 0 radical (unpaired) electrons. The number of fused-ring (bicyclic) bond motifs is 1. The Morgan fingerprint density at radius 3 is 1.98 bits per heavy atom. The van der Waals surface area contributed by atoms with Crippen LogP contribution in [0, 0.1) is 46.8 Å². The lowest BCUT2D eigenvalue weighted by molar-refractivity contribution is -0.187. The van der Waals surface area contributed by atoms with Gasteiger partial charge in [-0.2, -0.15) is 0 Å². The fourth-order valence-corrected chi connectivity index (χ4v) is 11.3. The van der Waals surface area contributed by atoms with E-state index in [1.54, 1.807) is 27.7 Å². The Morgan fingerprint density at radius 1 is 0.929 bits per heavy atom. The van der Waals surface area contributed by atoms with Crippen LogP contribution < -0.4 is 4.74 Å². The molecule has 42 heavy (non-hydrogen) atoms. The summed E-state index contributed by atoms with van der Waals surface area (Å²) in [7, 11) is -4.77. The molecule has 1 heterocycles. The first-order valence-electron chi connectivity index (χ1n) is 15.5. The van der Waals surface area contributed by atoms with Crippen molar-refractivity contribution in [3.05, 3.63) is 23.3 Å². The van der Waals surface area contributed by atoms with Crippen LogP contribution in [-0.4, -0.2) is 43.1 Å². The zero-order valence-electron chi connectivity index (χ0n) is 24.5. The predicted octanol–water partition coefficient (Wildman–Crippen LogP) is 4.68. The summed E-state index contributed by atoms with van der Waals surface area (Å²) in [5, 5.41) is 0. The third-order valence-electron chi connectivity index (χ3n) is 11.4. The van der Waals surface area contributed by atoms with Gasteiger partial charge in [-0.1, -0.05) is 27.7 Å². The second-order valence-electron chi connectivity index (χ2n) is 14.7. The van der Waals surface area contributed by atoms with Crippen molar-refractivity contribution in [2.75, 3.05) is 0 Å². The normalized spacial score (nSPS) is 39.3. The molecule has 6 saturated carbocycles. The highest BCUT2D eigenvalue weighted by molar-refractivity contribution is 7.85. The molecule has 6 bridgehead atoms. The average molecular weight is 600 g/mol. The summed E-state index contributed by atoms with van der Waals surface area (Å²) in [6.07, 6.45) is 5.53. The molecule has 1 aromatic rings. The van der Waals surface area contributed by atoms with E-state index in [9.17, 15) is 27.4 Å². The molecule has 1 aliphatic heterocycles. The second-order valence-corrected chi connectivity index (χ2v) is 16.0. The summed E-state index contributed by atoms with van der Waals surface area (Å²) in [5.41, 5.74) is 0.114. The molecule has 1 saturated heterocycles. The smallest absolute Gasteiger partial charge is 0.315 e. The summed E-state index contributed by atoms with van der Waals surface area (Å²) in [4.78, 5) is 40.3. The molecule has 0 N–H and O–H groups in total. The molecule has 228 valence electrons. The number of rotatable bonds is 7. The first-order valence-corrected chi connectivity index (χ1v) is 16.9. The van der Waals surface area contributed by atoms with Gasteiger partial charge in [0, 0.05) is 11.8 Å². The Labute approximate surface area is 246 Å². The van der Waals surface area contributed by atoms with Gasteiger partial charge in [-0.3, -0.25) is 14.4 Å². The molecular formula is C32H39O9S-. The fourth-order valence-electron chi connectivity index (χ4n) is 10.1. The van der Waals surface area contributed by atoms with Crippen molar-refractivity contribution < 1.29 is 41.6 Å². The lowest BCUT2D eigenvalue weighted by Gasteiger charge is -2.55. The van der Waals surface area contributed by atoms with Crippen molar-refractivity contribution in [2.24, 2.45) is 46.8 Å². The molecule has 0 amide bonds. The number of benzene rings is 1. The molecule has 0 aromatic heterocycles. The van der Waals surface area contributed by atoms with Gasteiger partial charge in [0.25, 0.3) is 0 Å². The maximum atomic E-state index is 13.8. The standard InChI is InChI=1S/C32H40O9S/c1-14(2)20-8-19(9-21(15(3)4)28(20)42(36,37)38)39-29(33)24-23-10-22-25(24)30(34)40-26(22)27(23)41-31(35)32-11-16-5-17(12-32)7-18(6-16)13-32/h8-9,14-18,22-27H,5-7,10-13H2,1-4H3,(H,36,37,38)/p-1. The number of ether oxygens (including phenoxy) is 3. The van der Waals surface area contributed by atoms with E-state index in [-0.39, 0.29) is 45.5 Å². The second kappa shape index (κ2) is 9.52. The van der Waals surface area contributed by atoms with Crippen molar-refractivity contribution in [3.63, 3.8) is 0 Å². The quantitative estimate of drug-likeness (QED) is 0.249. The van der Waals surface area contributed by atoms with Crippen LogP contribution in [0.1, 0.15) is 95.6 Å². The van der Waals surface area contributed by atoms with Crippen LogP contribution in [0.4, 0.5) is 0 Å². The largest absolute Gasteiger partial charge is 0.744 e. The number of esters is 3. The minimum absolute atomic E-state index is 0.132. The average Bonchev–Trinajstić information content (AvgIpc) is 3.50. The number of carbonyl (C=O) groups excluding carboxylic acids is 3. The van der Waals surface area contributed by atoms with Gasteiger partial charge < -0.3 is 18.8 Å². The Bertz CT molecular complexity index is 1400. The van der Waals surface area contributed by atoms with Crippen molar-refractivity contribution >= 4 is 28.0 Å². The van der Waals surface area contributed by atoms with Crippen LogP contribution in [0.3, 0.4) is 0 Å². The number of carbonyl (C=O) groups is 3. The van der Waals surface area contributed by atoms with E-state index >= 15 is 0 Å². The molecular weight excluding hydrogens is 560 g/mol. The summed E-state index contributed by atoms with van der Waals surface area (Å²) in [6.45, 7) is 7.08. The number of hydrogen-bond acceptors (Lipinski definition) is 9. The Kier molecular flexibility index (Phi) is 6.42. The molecule has 6 atom stereocenters. The lowest BCUT2D eigenvalue weighted by atomic mass is 9.49. The lowest BCUT2D eigenvalue weighted by Crippen LogP contribution is -2.53. The van der Waals surface area contributed by atoms with Crippen molar-refractivity contribution in [1.82, 2.24) is 0 Å². The molecule has 9 nitrogen and oxygen atoms in total. The Hall–Kier alpha value is -2.46. The zero-order valence-corrected chi connectivity index (χ0v) is 25.4. The molecule has 7 aliphatic rings. The summed E-state index contributed by atoms with van der Waals surface area (Å²) in [6, 6.07) is 2.87. The van der Waals surface area contributed by atoms with Gasteiger partial charge in [0.2, 0.25) is 0 Å². The van der Waals surface area contributed by atoms with E-state index in [1.165, 1.54) is 31.4 Å². The van der Waals surface area contributed by atoms with Crippen LogP contribution in [0.15, 0.2) is 17.0 Å². The highest BCUT2D eigenvalue weighted by Crippen LogP contribution is 2.62. The number of hydrogen-bond donors (Lipinski definition) is 0. The van der Waals surface area contributed by atoms with Crippen molar-refractivity contribution in [3.8, 4) is 5.75 Å². The topological polar surface area (TPSA) is 136 Å². The molecule has 6 aliphatic carbocycles. The van der Waals surface area contributed by atoms with E-state index in [2.05, 4.69) is 0 Å². The summed E-state index contributed by atoms with van der Waals surface area (Å²) < 4.78 is 54.5. The van der Waals surface area contributed by atoms with Crippen LogP contribution in [-0.2, 0) is 34.0 Å². The van der Waals surface area contributed by atoms with Crippen LogP contribution in [0.5, 0.6) is 5.75 Å². The first-order chi connectivity index (χ1) is 19.8. The molecule has 1 aromatic carbocycles. The molecule has 7 fully saturated rings. The fraction of sp³-hybridized carbons (Fsp3) is 0.719. The Balaban J connectivity index is 1.15. The van der Waals surface area contributed by atoms with E-state index in [0.717, 1.165) is 19.3 Å². The van der Waals surface area contributed by atoms with Crippen LogP contribution >= 0.6 is 0 Å². The molecule has 6 unspecified atom stereocenters. The van der Waals surface area contributed by atoms with Gasteiger partial charge >= 0.3 is 17.9 Å². The monoisotopic (exact) mass is 599 g/mol. The van der Waals surface area contributed by atoms with Gasteiger partial charge in [0.15, 0.2) is 0 Å². The van der Waals surface area contributed by atoms with Gasteiger partial charge in [-0.15, -0.1) is 0 Å². The minimum atomic E-state index is -4.77. The van der Waals surface area contributed by atoms with E-state index in [0.29, 0.717) is 24.2 Å². The predicted molar refractivity (Wildman–Crippen MR) is 147 cm³/mol. The molecule has 8 rings (SSSR count). The van der Waals surface area contributed by atoms with E-state index in [4.69, 9.17) is 14.2 Å². The Morgan fingerprint density at radius 2 is 1.48 bits per heavy atom. The first kappa shape index (κ1) is 28.3. The molecule has 10 heteroatoms. The minimum Gasteiger partial charge on any atom is -0.744 e. The SMILES string of the molecule is CC(C)c1cc(OC(=O)C2C3CC4C(OC(=O)C42)C3OC(=O)C23CC4CC(CC(C4)C2)C3)cc(C(C)C)c1S(=O)(=O)[O-]. The highest BCUT2D eigenvalue weighted by Gasteiger charge is 2.71. The van der Waals surface area contributed by atoms with Crippen molar-refractivity contribution in [1.29, 1.82) is 0 Å². The molecule has 0 spiro atoms. The van der Waals surface area contributed by atoms with Gasteiger partial charge in [-0.05, 0) is 97.8 Å². The zero-order chi connectivity index (χ0) is 29.9. The van der Waals surface area contributed by atoms with Crippen LogP contribution in [0.25, 0.3) is 0 Å². The van der Waals surface area contributed by atoms with Gasteiger partial charge in [0.1, 0.15) is 28.1 Å². The van der Waals surface area contributed by atoms with Gasteiger partial charge in [-0.25, -0.2) is 8.42 Å². The van der Waals surface area contributed by atoms with E-state index in [1.807, 2.05) is 0 Å². The van der Waals surface area contributed by atoms with Crippen molar-refractivity contribution in [2.45, 2.75) is 102 Å². The maximum absolute atomic E-state index is 13.8. The van der Waals surface area contributed by atoms with Gasteiger partial charge in [0.05, 0.1) is 22.1 Å². The summed E-state index contributed by atoms with van der Waals surface area (Å²) in [5.74, 6) is -2.13. The van der Waals surface area contributed by atoms with E-state index < -0.39 is 57.4 Å². The van der Waals surface area contributed by atoms with Crippen LogP contribution in [0.2, 0.25) is 0 Å². The third-order valence-corrected chi connectivity index (χ3v) is 12.3. The maximum Gasteiger partial charge on any atom is 0.315 e. The summed E-state index contributed by atoms with van der Waals surface area (Å²) >= 11 is 0. The highest BCUT2D eigenvalue weighted by atomic mass is 32.2.